The monoisotopic (exact) mass is 322 g/mol. The standard InChI is InChI=1S/C16H19ClN2OS/c17-16-8-4-7-15(11-16)13-21(20,10-9-18)19-12-14-5-2-1-3-6-14/h1-8,11H,9-10,12-13,18H2. The Morgan fingerprint density at radius 1 is 1.05 bits per heavy atom. The smallest absolute Gasteiger partial charge is 0.0734 e. The third-order valence-corrected chi connectivity index (χ3v) is 5.54. The van der Waals surface area contributed by atoms with Gasteiger partial charge < -0.3 is 5.73 Å². The second-order valence-corrected chi connectivity index (χ2v) is 7.75. The minimum Gasteiger partial charge on any atom is -0.330 e. The van der Waals surface area contributed by atoms with E-state index in [1.54, 1.807) is 6.07 Å². The summed E-state index contributed by atoms with van der Waals surface area (Å²) in [5.74, 6) is 0.782. The first-order valence-electron chi connectivity index (χ1n) is 6.78. The second kappa shape index (κ2) is 7.59. The van der Waals surface area contributed by atoms with Gasteiger partial charge in [0.15, 0.2) is 0 Å². The molecule has 0 spiro atoms. The van der Waals surface area contributed by atoms with Crippen molar-refractivity contribution in [3.05, 3.63) is 70.7 Å². The van der Waals surface area contributed by atoms with Crippen LogP contribution in [0.25, 0.3) is 0 Å². The van der Waals surface area contributed by atoms with E-state index in [1.165, 1.54) is 0 Å². The number of nitrogens with two attached hydrogens (primary N) is 1. The Morgan fingerprint density at radius 2 is 1.76 bits per heavy atom. The van der Waals surface area contributed by atoms with E-state index >= 15 is 0 Å². The quantitative estimate of drug-likeness (QED) is 0.885. The number of nitrogens with zero attached hydrogens (tertiary/aromatic N) is 1. The zero-order chi connectivity index (χ0) is 15.1. The topological polar surface area (TPSA) is 55.5 Å². The lowest BCUT2D eigenvalue weighted by atomic mass is 10.2. The summed E-state index contributed by atoms with van der Waals surface area (Å²) < 4.78 is 17.4. The van der Waals surface area contributed by atoms with Crippen LogP contribution in [0.2, 0.25) is 5.02 Å². The number of benzene rings is 2. The lowest BCUT2D eigenvalue weighted by Gasteiger charge is -2.10. The molecule has 0 aromatic heterocycles. The summed E-state index contributed by atoms with van der Waals surface area (Å²) in [6.07, 6.45) is 0. The molecule has 1 atom stereocenters. The maximum absolute atomic E-state index is 12.9. The van der Waals surface area contributed by atoms with Crippen LogP contribution in [0.15, 0.2) is 59.0 Å². The Kier molecular flexibility index (Phi) is 5.79. The molecular formula is C16H19ClN2OS. The predicted molar refractivity (Wildman–Crippen MR) is 89.8 cm³/mol. The van der Waals surface area contributed by atoms with E-state index in [0.717, 1.165) is 11.1 Å². The molecule has 0 aliphatic carbocycles. The normalized spacial score (nSPS) is 13.6. The van der Waals surface area contributed by atoms with Crippen molar-refractivity contribution in [2.75, 3.05) is 12.3 Å². The first-order chi connectivity index (χ1) is 10.1. The molecular weight excluding hydrogens is 304 g/mol. The van der Waals surface area contributed by atoms with Crippen molar-refractivity contribution < 1.29 is 4.21 Å². The van der Waals surface area contributed by atoms with Gasteiger partial charge in [-0.2, -0.15) is 0 Å². The lowest BCUT2D eigenvalue weighted by molar-refractivity contribution is 0.673. The maximum atomic E-state index is 12.9. The first-order valence-corrected chi connectivity index (χ1v) is 9.01. The van der Waals surface area contributed by atoms with Gasteiger partial charge in [0.05, 0.1) is 22.0 Å². The molecule has 112 valence electrons. The Labute approximate surface area is 131 Å². The van der Waals surface area contributed by atoms with Crippen molar-refractivity contribution in [3.63, 3.8) is 0 Å². The van der Waals surface area contributed by atoms with Crippen molar-refractivity contribution in [1.82, 2.24) is 0 Å². The van der Waals surface area contributed by atoms with Crippen molar-refractivity contribution in [2.24, 2.45) is 10.1 Å². The van der Waals surface area contributed by atoms with E-state index in [4.69, 9.17) is 17.3 Å². The zero-order valence-corrected chi connectivity index (χ0v) is 13.3. The van der Waals surface area contributed by atoms with Gasteiger partial charge in [0.1, 0.15) is 0 Å². The highest BCUT2D eigenvalue weighted by Gasteiger charge is 2.10. The zero-order valence-electron chi connectivity index (χ0n) is 11.7. The third kappa shape index (κ3) is 5.16. The van der Waals surface area contributed by atoms with Crippen molar-refractivity contribution in [2.45, 2.75) is 12.3 Å². The molecule has 0 amide bonds. The van der Waals surface area contributed by atoms with Crippen LogP contribution in [-0.2, 0) is 22.0 Å². The SMILES string of the molecule is NCCS(=O)(Cc1cccc(Cl)c1)=NCc1ccccc1. The predicted octanol–water partition coefficient (Wildman–Crippen LogP) is 3.47. The first kappa shape index (κ1) is 16.0. The molecule has 0 radical (unpaired) electrons. The summed E-state index contributed by atoms with van der Waals surface area (Å²) in [6, 6.07) is 17.2. The summed E-state index contributed by atoms with van der Waals surface area (Å²) in [7, 11) is -2.37. The van der Waals surface area contributed by atoms with Gasteiger partial charge in [0.25, 0.3) is 0 Å². The number of hydrogen-bond donors (Lipinski definition) is 1. The van der Waals surface area contributed by atoms with Crippen molar-refractivity contribution >= 4 is 21.3 Å². The summed E-state index contributed by atoms with van der Waals surface area (Å²) >= 11 is 5.98. The Morgan fingerprint density at radius 3 is 2.43 bits per heavy atom. The highest BCUT2D eigenvalue weighted by Crippen LogP contribution is 2.15. The van der Waals surface area contributed by atoms with Gasteiger partial charge in [-0.25, -0.2) is 8.57 Å². The van der Waals surface area contributed by atoms with Gasteiger partial charge in [0.2, 0.25) is 0 Å². The van der Waals surface area contributed by atoms with E-state index in [-0.39, 0.29) is 0 Å². The van der Waals surface area contributed by atoms with Crippen LogP contribution in [0.4, 0.5) is 0 Å². The average molecular weight is 323 g/mol. The number of halogens is 1. The molecule has 3 nitrogen and oxygen atoms in total. The molecule has 21 heavy (non-hydrogen) atoms. The van der Waals surface area contributed by atoms with E-state index in [0.29, 0.717) is 29.6 Å². The largest absolute Gasteiger partial charge is 0.330 e. The van der Waals surface area contributed by atoms with Crippen molar-refractivity contribution in [1.29, 1.82) is 0 Å². The number of rotatable bonds is 6. The van der Waals surface area contributed by atoms with Crippen LogP contribution in [0.5, 0.6) is 0 Å². The molecule has 5 heteroatoms. The van der Waals surface area contributed by atoms with Crippen LogP contribution in [-0.4, -0.2) is 16.5 Å². The molecule has 2 aromatic carbocycles. The Balaban J connectivity index is 2.21. The molecule has 0 bridgehead atoms. The molecule has 1 unspecified atom stereocenters. The summed E-state index contributed by atoms with van der Waals surface area (Å²) in [5, 5.41) is 0.644. The van der Waals surface area contributed by atoms with E-state index < -0.39 is 9.73 Å². The van der Waals surface area contributed by atoms with Crippen LogP contribution >= 0.6 is 11.6 Å². The minimum absolute atomic E-state index is 0.359. The minimum atomic E-state index is -2.37. The van der Waals surface area contributed by atoms with Crippen LogP contribution in [0.3, 0.4) is 0 Å². The Bertz CT molecular complexity index is 694. The number of hydrogen-bond acceptors (Lipinski definition) is 3. The lowest BCUT2D eigenvalue weighted by Crippen LogP contribution is -2.17. The summed E-state index contributed by atoms with van der Waals surface area (Å²) in [6.45, 7) is 0.803. The molecule has 0 aliphatic heterocycles. The van der Waals surface area contributed by atoms with Gasteiger partial charge in [-0.15, -0.1) is 0 Å². The third-order valence-electron chi connectivity index (χ3n) is 3.04. The molecule has 2 aromatic rings. The van der Waals surface area contributed by atoms with Gasteiger partial charge >= 0.3 is 0 Å². The molecule has 0 fully saturated rings. The fourth-order valence-corrected chi connectivity index (χ4v) is 4.06. The van der Waals surface area contributed by atoms with Gasteiger partial charge in [-0.05, 0) is 23.3 Å². The van der Waals surface area contributed by atoms with Gasteiger partial charge in [0, 0.05) is 17.3 Å². The molecule has 2 N–H and O–H groups in total. The van der Waals surface area contributed by atoms with Gasteiger partial charge in [-0.3, -0.25) is 0 Å². The van der Waals surface area contributed by atoms with Crippen molar-refractivity contribution in [3.8, 4) is 0 Å². The van der Waals surface area contributed by atoms with Gasteiger partial charge in [-0.1, -0.05) is 54.1 Å². The van der Waals surface area contributed by atoms with Crippen LogP contribution in [0.1, 0.15) is 11.1 Å². The van der Waals surface area contributed by atoms with Crippen LogP contribution in [0, 0.1) is 0 Å². The second-order valence-electron chi connectivity index (χ2n) is 4.81. The van der Waals surface area contributed by atoms with E-state index in [2.05, 4.69) is 4.36 Å². The molecule has 0 aliphatic rings. The highest BCUT2D eigenvalue weighted by atomic mass is 35.5. The van der Waals surface area contributed by atoms with Crippen LogP contribution < -0.4 is 5.73 Å². The fraction of sp³-hybridized carbons (Fsp3) is 0.250. The Hall–Kier alpha value is -1.36. The molecule has 0 saturated carbocycles. The molecule has 0 saturated heterocycles. The fourth-order valence-electron chi connectivity index (χ4n) is 2.03. The molecule has 2 rings (SSSR count). The van der Waals surface area contributed by atoms with E-state index in [1.807, 2.05) is 48.5 Å². The average Bonchev–Trinajstić information content (AvgIpc) is 2.47. The summed E-state index contributed by atoms with van der Waals surface area (Å²) in [4.78, 5) is 0. The van der Waals surface area contributed by atoms with E-state index in [9.17, 15) is 4.21 Å². The summed E-state index contributed by atoms with van der Waals surface area (Å²) in [5.41, 5.74) is 7.58. The maximum Gasteiger partial charge on any atom is 0.0734 e. The molecule has 0 heterocycles. The highest BCUT2D eigenvalue weighted by molar-refractivity contribution is 7.92.